The van der Waals surface area contributed by atoms with Crippen LogP contribution in [0, 0.1) is 0 Å². The van der Waals surface area contributed by atoms with Gasteiger partial charge in [-0.25, -0.2) is 0 Å². The van der Waals surface area contributed by atoms with E-state index >= 15 is 0 Å². The summed E-state index contributed by atoms with van der Waals surface area (Å²) in [4.78, 5) is 26.4. The fourth-order valence-electron chi connectivity index (χ4n) is 3.21. The molecule has 0 spiro atoms. The molecule has 2 aromatic rings. The molecule has 0 radical (unpaired) electrons. The number of allylic oxidation sites excluding steroid dienone is 1. The first kappa shape index (κ1) is 24.2. The zero-order valence-electron chi connectivity index (χ0n) is 18.1. The van der Waals surface area contributed by atoms with Gasteiger partial charge in [0.2, 0.25) is 0 Å². The first-order valence-corrected chi connectivity index (χ1v) is 12.7. The van der Waals surface area contributed by atoms with E-state index in [0.29, 0.717) is 35.0 Å². The summed E-state index contributed by atoms with van der Waals surface area (Å²) < 4.78 is 38.4. The number of nitrogens with zero attached hydrogens (tertiary/aromatic N) is 1. The van der Waals surface area contributed by atoms with Crippen LogP contribution in [-0.4, -0.2) is 57.1 Å². The van der Waals surface area contributed by atoms with Crippen molar-refractivity contribution in [3.05, 3.63) is 53.8 Å². The third-order valence-electron chi connectivity index (χ3n) is 4.91. The molecule has 1 atom stereocenters. The monoisotopic (exact) mass is 479 g/mol. The van der Waals surface area contributed by atoms with Crippen LogP contribution >= 0.6 is 11.8 Å². The van der Waals surface area contributed by atoms with Gasteiger partial charge in [0, 0.05) is 36.0 Å². The van der Waals surface area contributed by atoms with Crippen LogP contribution in [0.15, 0.2) is 47.6 Å². The van der Waals surface area contributed by atoms with Crippen molar-refractivity contribution >= 4 is 44.5 Å². The molecule has 0 N–H and O–H groups in total. The van der Waals surface area contributed by atoms with Crippen molar-refractivity contribution in [1.29, 1.82) is 0 Å². The van der Waals surface area contributed by atoms with Crippen LogP contribution in [0.3, 0.4) is 0 Å². The van der Waals surface area contributed by atoms with Crippen molar-refractivity contribution in [3.8, 4) is 0 Å². The summed E-state index contributed by atoms with van der Waals surface area (Å²) in [6, 6.07) is 8.43. The van der Waals surface area contributed by atoms with Crippen LogP contribution in [0.5, 0.6) is 0 Å². The highest BCUT2D eigenvalue weighted by atomic mass is 32.2. The standard InChI is InChI=1S/C22H25NO7S2/c1-14(28-3)10-12-29-15(2)11-13-31-19-9-8-18-20-16(19)6-5-7-17(20)21(24)23(22(18)25)30-32(4,26)27/h5-9,14H,2,10-13H2,1,3-4H3. The molecule has 1 aliphatic heterocycles. The van der Waals surface area contributed by atoms with Gasteiger partial charge in [0.15, 0.2) is 0 Å². The van der Waals surface area contributed by atoms with Gasteiger partial charge in [0.1, 0.15) is 0 Å². The summed E-state index contributed by atoms with van der Waals surface area (Å²) >= 11 is 1.56. The molecule has 2 aromatic carbocycles. The molecule has 0 fully saturated rings. The third kappa shape index (κ3) is 5.50. The average Bonchev–Trinajstić information content (AvgIpc) is 2.74. The van der Waals surface area contributed by atoms with Gasteiger partial charge in [-0.3, -0.25) is 9.59 Å². The Morgan fingerprint density at radius 1 is 1.16 bits per heavy atom. The molecule has 0 bridgehead atoms. The van der Waals surface area contributed by atoms with Crippen LogP contribution in [0.1, 0.15) is 40.5 Å². The van der Waals surface area contributed by atoms with Crippen molar-refractivity contribution in [2.75, 3.05) is 25.7 Å². The number of benzene rings is 2. The molecule has 1 unspecified atom stereocenters. The Balaban J connectivity index is 1.75. The molecule has 1 heterocycles. The highest BCUT2D eigenvalue weighted by Crippen LogP contribution is 2.36. The Hall–Kier alpha value is -2.40. The Labute approximate surface area is 191 Å². The SMILES string of the molecule is C=C(CCSc1ccc2c3c(cccc13)C(=O)N(OS(C)(=O)=O)C2=O)OCCC(C)OC. The van der Waals surface area contributed by atoms with Gasteiger partial charge in [-0.05, 0) is 30.5 Å². The summed E-state index contributed by atoms with van der Waals surface area (Å²) in [7, 11) is -2.39. The normalized spacial score (nSPS) is 14.7. The maximum atomic E-state index is 12.7. The van der Waals surface area contributed by atoms with E-state index in [0.717, 1.165) is 23.0 Å². The van der Waals surface area contributed by atoms with E-state index in [1.54, 1.807) is 43.1 Å². The van der Waals surface area contributed by atoms with Gasteiger partial charge in [-0.2, -0.15) is 8.42 Å². The predicted molar refractivity (Wildman–Crippen MR) is 122 cm³/mol. The molecule has 32 heavy (non-hydrogen) atoms. The van der Waals surface area contributed by atoms with Crippen LogP contribution in [0.25, 0.3) is 10.8 Å². The lowest BCUT2D eigenvalue weighted by Gasteiger charge is -2.25. The first-order chi connectivity index (χ1) is 15.1. The number of hydrogen-bond donors (Lipinski definition) is 0. The minimum atomic E-state index is -4.05. The summed E-state index contributed by atoms with van der Waals surface area (Å²) in [6.07, 6.45) is 2.32. The topological polar surface area (TPSA) is 99.2 Å². The highest BCUT2D eigenvalue weighted by molar-refractivity contribution is 7.99. The minimum absolute atomic E-state index is 0.124. The van der Waals surface area contributed by atoms with Gasteiger partial charge >= 0.3 is 0 Å². The number of ether oxygens (including phenoxy) is 2. The zero-order valence-corrected chi connectivity index (χ0v) is 19.8. The number of rotatable bonds is 11. The molecule has 8 nitrogen and oxygen atoms in total. The van der Waals surface area contributed by atoms with Crippen molar-refractivity contribution < 1.29 is 31.8 Å². The lowest BCUT2D eigenvalue weighted by atomic mass is 9.95. The number of carbonyl (C=O) groups excluding carboxylic acids is 2. The molecule has 0 saturated carbocycles. The molecule has 0 aromatic heterocycles. The van der Waals surface area contributed by atoms with Crippen LogP contribution in [0.2, 0.25) is 0 Å². The molecule has 1 aliphatic rings. The Morgan fingerprint density at radius 2 is 1.84 bits per heavy atom. The van der Waals surface area contributed by atoms with Gasteiger partial charge in [0.25, 0.3) is 21.9 Å². The van der Waals surface area contributed by atoms with Gasteiger partial charge < -0.3 is 9.47 Å². The van der Waals surface area contributed by atoms with Gasteiger partial charge in [-0.15, -0.1) is 21.1 Å². The number of thioether (sulfide) groups is 1. The van der Waals surface area contributed by atoms with Crippen molar-refractivity contribution in [3.63, 3.8) is 0 Å². The number of hydrogen-bond acceptors (Lipinski definition) is 8. The van der Waals surface area contributed by atoms with Gasteiger partial charge in [-0.1, -0.05) is 18.7 Å². The molecular weight excluding hydrogens is 454 g/mol. The third-order valence-corrected chi connectivity index (χ3v) is 6.41. The molecule has 172 valence electrons. The molecule has 3 rings (SSSR count). The number of hydroxylamine groups is 2. The van der Waals surface area contributed by atoms with E-state index in [2.05, 4.69) is 10.9 Å². The summed E-state index contributed by atoms with van der Waals surface area (Å²) in [5.74, 6) is -0.245. The summed E-state index contributed by atoms with van der Waals surface area (Å²) in [5, 5.41) is 1.53. The predicted octanol–water partition coefficient (Wildman–Crippen LogP) is 3.76. The fraction of sp³-hybridized carbons (Fsp3) is 0.364. The number of amides is 2. The number of imide groups is 1. The Kier molecular flexibility index (Phi) is 7.60. The van der Waals surface area contributed by atoms with Crippen molar-refractivity contribution in [1.82, 2.24) is 5.06 Å². The highest BCUT2D eigenvalue weighted by Gasteiger charge is 2.36. The second-order valence-electron chi connectivity index (χ2n) is 7.34. The van der Waals surface area contributed by atoms with Crippen LogP contribution in [-0.2, 0) is 23.9 Å². The van der Waals surface area contributed by atoms with E-state index in [1.165, 1.54) is 0 Å². The Morgan fingerprint density at radius 3 is 2.50 bits per heavy atom. The van der Waals surface area contributed by atoms with Crippen LogP contribution < -0.4 is 0 Å². The second kappa shape index (κ2) is 10.0. The second-order valence-corrected chi connectivity index (χ2v) is 10.0. The maximum absolute atomic E-state index is 12.7. The lowest BCUT2D eigenvalue weighted by molar-refractivity contribution is -0.0149. The molecule has 0 aliphatic carbocycles. The molecule has 10 heteroatoms. The number of carbonyl (C=O) groups is 2. The molecule has 0 saturated heterocycles. The largest absolute Gasteiger partial charge is 0.498 e. The minimum Gasteiger partial charge on any atom is -0.498 e. The Bertz CT molecular complexity index is 1140. The van der Waals surface area contributed by atoms with E-state index in [4.69, 9.17) is 9.47 Å². The van der Waals surface area contributed by atoms with E-state index in [1.807, 2.05) is 13.0 Å². The summed E-state index contributed by atoms with van der Waals surface area (Å²) in [5.41, 5.74) is 0.423. The van der Waals surface area contributed by atoms with Crippen molar-refractivity contribution in [2.24, 2.45) is 0 Å². The molecule has 2 amide bonds. The van der Waals surface area contributed by atoms with Gasteiger partial charge in [0.05, 0.1) is 35.9 Å². The van der Waals surface area contributed by atoms with Crippen molar-refractivity contribution in [2.45, 2.75) is 30.8 Å². The average molecular weight is 480 g/mol. The first-order valence-electron chi connectivity index (χ1n) is 9.92. The quantitative estimate of drug-likeness (QED) is 0.273. The van der Waals surface area contributed by atoms with Crippen LogP contribution in [0.4, 0.5) is 0 Å². The maximum Gasteiger partial charge on any atom is 0.286 e. The van der Waals surface area contributed by atoms with E-state index < -0.39 is 21.9 Å². The summed E-state index contributed by atoms with van der Waals surface area (Å²) in [6.45, 7) is 6.46. The fourth-order valence-corrected chi connectivity index (χ4v) is 4.66. The van der Waals surface area contributed by atoms with E-state index in [-0.39, 0.29) is 17.2 Å². The molecular formula is C22H25NO7S2. The zero-order chi connectivity index (χ0) is 23.5. The lowest BCUT2D eigenvalue weighted by Crippen LogP contribution is -2.41. The number of methoxy groups -OCH3 is 1. The van der Waals surface area contributed by atoms with E-state index in [9.17, 15) is 18.0 Å². The smallest absolute Gasteiger partial charge is 0.286 e.